The van der Waals surface area contributed by atoms with Crippen molar-refractivity contribution in [3.05, 3.63) is 47.9 Å². The predicted octanol–water partition coefficient (Wildman–Crippen LogP) is 3.60. The second-order valence-electron chi connectivity index (χ2n) is 6.30. The normalized spacial score (nSPS) is 12.4. The van der Waals surface area contributed by atoms with Gasteiger partial charge in [-0.1, -0.05) is 6.92 Å². The van der Waals surface area contributed by atoms with Crippen molar-refractivity contribution in [2.24, 2.45) is 0 Å². The molecule has 2 N–H and O–H groups in total. The second kappa shape index (κ2) is 9.99. The highest BCUT2D eigenvalue weighted by Crippen LogP contribution is 2.24. The molecule has 30 heavy (non-hydrogen) atoms. The molecule has 0 aliphatic rings. The number of hydrogen-bond acceptors (Lipinski definition) is 5. The van der Waals surface area contributed by atoms with Gasteiger partial charge in [0.05, 0.1) is 12.2 Å². The van der Waals surface area contributed by atoms with E-state index in [-0.39, 0.29) is 17.4 Å². The number of anilines is 1. The van der Waals surface area contributed by atoms with Crippen molar-refractivity contribution in [2.45, 2.75) is 38.7 Å². The first kappa shape index (κ1) is 23.0. The monoisotopic (exact) mass is 428 g/mol. The van der Waals surface area contributed by atoms with Crippen LogP contribution >= 0.6 is 0 Å². The highest BCUT2D eigenvalue weighted by atomic mass is 19.3. The molecule has 0 aliphatic heterocycles. The molecule has 0 spiro atoms. The number of hydrogen-bond donors (Lipinski definition) is 2. The zero-order valence-corrected chi connectivity index (χ0v) is 16.2. The third kappa shape index (κ3) is 6.39. The van der Waals surface area contributed by atoms with E-state index < -0.39 is 30.9 Å². The smallest absolute Gasteiger partial charge is 0.340 e. The number of nitrogens with zero attached hydrogens (tertiary/aromatic N) is 2. The van der Waals surface area contributed by atoms with E-state index in [0.717, 1.165) is 6.20 Å². The van der Waals surface area contributed by atoms with Crippen LogP contribution < -0.4 is 15.4 Å². The van der Waals surface area contributed by atoms with E-state index in [0.29, 0.717) is 17.8 Å². The molecule has 0 aliphatic carbocycles. The first-order valence-corrected chi connectivity index (χ1v) is 8.94. The molecule has 2 aromatic rings. The molecule has 0 radical (unpaired) electrons. The van der Waals surface area contributed by atoms with Gasteiger partial charge in [0.15, 0.2) is 6.61 Å². The van der Waals surface area contributed by atoms with Crippen molar-refractivity contribution in [1.29, 1.82) is 0 Å². The Kier molecular flexibility index (Phi) is 7.67. The van der Waals surface area contributed by atoms with Crippen molar-refractivity contribution in [2.75, 3.05) is 11.9 Å². The lowest BCUT2D eigenvalue weighted by atomic mass is 10.1. The summed E-state index contributed by atoms with van der Waals surface area (Å²) in [6.07, 6.45) is -1.07. The third-order valence-corrected chi connectivity index (χ3v) is 3.94. The van der Waals surface area contributed by atoms with Gasteiger partial charge in [0.2, 0.25) is 5.91 Å². The Balaban J connectivity index is 1.97. The van der Waals surface area contributed by atoms with Crippen LogP contribution in [0.5, 0.6) is 5.75 Å². The number of rotatable bonds is 9. The first-order valence-electron chi connectivity index (χ1n) is 8.94. The van der Waals surface area contributed by atoms with E-state index in [1.807, 2.05) is 0 Å². The Morgan fingerprint density at radius 3 is 2.53 bits per heavy atom. The van der Waals surface area contributed by atoms with E-state index in [1.54, 1.807) is 26.0 Å². The Labute approximate surface area is 169 Å². The topological polar surface area (TPSA) is 93.2 Å². The number of carbonyl (C=O) groups excluding carboxylic acids is 2. The van der Waals surface area contributed by atoms with Crippen LogP contribution in [0.15, 0.2) is 36.7 Å². The fraction of sp³-hybridized carbons (Fsp3) is 0.368. The number of ether oxygens (including phenoxy) is 1. The molecule has 1 atom stereocenters. The van der Waals surface area contributed by atoms with Gasteiger partial charge < -0.3 is 15.4 Å². The van der Waals surface area contributed by atoms with Gasteiger partial charge in [0.25, 0.3) is 5.91 Å². The number of aromatic nitrogens is 2. The minimum absolute atomic E-state index is 0.0246. The van der Waals surface area contributed by atoms with Crippen molar-refractivity contribution < 1.29 is 31.9 Å². The maximum Gasteiger partial charge on any atom is 0.340 e. The van der Waals surface area contributed by atoms with Gasteiger partial charge >= 0.3 is 12.3 Å². The summed E-state index contributed by atoms with van der Waals surface area (Å²) in [6.45, 7) is 1.91. The van der Waals surface area contributed by atoms with Crippen LogP contribution in [0.2, 0.25) is 0 Å². The maximum atomic E-state index is 12.9. The second-order valence-corrected chi connectivity index (χ2v) is 6.30. The molecular formula is C19H20F4N4O3. The number of carbonyl (C=O) groups is 2. The Bertz CT molecular complexity index is 878. The van der Waals surface area contributed by atoms with Crippen molar-refractivity contribution in [3.8, 4) is 5.75 Å². The van der Waals surface area contributed by atoms with Crippen molar-refractivity contribution >= 4 is 17.6 Å². The lowest BCUT2D eigenvalue weighted by molar-refractivity contribution is -0.148. The van der Waals surface area contributed by atoms with Crippen LogP contribution in [0.4, 0.5) is 23.4 Å². The van der Waals surface area contributed by atoms with Crippen molar-refractivity contribution in [3.63, 3.8) is 0 Å². The highest BCUT2D eigenvalue weighted by molar-refractivity contribution is 5.92. The van der Waals surface area contributed by atoms with E-state index in [4.69, 9.17) is 0 Å². The predicted molar refractivity (Wildman–Crippen MR) is 99.7 cm³/mol. The standard InChI is InChI=1S/C19H20F4N4O3/c1-3-16(28)27-15-8-12(6-7-24-15)11(2)26-17(29)14-5-4-13(9-25-14)30-10-19(22,23)18(20)21/h4-9,11,18H,3,10H2,1-2H3,(H,26,29)(H,24,27,28). The largest absolute Gasteiger partial charge is 0.485 e. The van der Waals surface area contributed by atoms with Gasteiger partial charge in [0, 0.05) is 12.6 Å². The summed E-state index contributed by atoms with van der Waals surface area (Å²) in [7, 11) is 0. The zero-order chi connectivity index (χ0) is 22.3. The van der Waals surface area contributed by atoms with Gasteiger partial charge in [-0.15, -0.1) is 0 Å². The van der Waals surface area contributed by atoms with Gasteiger partial charge in [-0.2, -0.15) is 8.78 Å². The van der Waals surface area contributed by atoms with E-state index in [9.17, 15) is 27.2 Å². The summed E-state index contributed by atoms with van der Waals surface area (Å²) in [5.74, 6) is -4.87. The molecule has 2 amide bonds. The minimum Gasteiger partial charge on any atom is -0.485 e. The first-order chi connectivity index (χ1) is 14.1. The number of amides is 2. The fourth-order valence-corrected chi connectivity index (χ4v) is 2.21. The average molecular weight is 428 g/mol. The SMILES string of the molecule is CCC(=O)Nc1cc(C(C)NC(=O)c2ccc(OCC(F)(F)C(F)F)cn2)ccn1. The summed E-state index contributed by atoms with van der Waals surface area (Å²) >= 11 is 0. The summed E-state index contributed by atoms with van der Waals surface area (Å²) in [5.41, 5.74) is 0.655. The molecule has 0 aromatic carbocycles. The molecule has 2 heterocycles. The summed E-state index contributed by atoms with van der Waals surface area (Å²) < 4.78 is 54.6. The summed E-state index contributed by atoms with van der Waals surface area (Å²) in [6, 6.07) is 5.22. The number of halogens is 4. The highest BCUT2D eigenvalue weighted by Gasteiger charge is 2.41. The van der Waals surface area contributed by atoms with Crippen molar-refractivity contribution in [1.82, 2.24) is 15.3 Å². The van der Waals surface area contributed by atoms with Gasteiger partial charge in [0.1, 0.15) is 17.3 Å². The Morgan fingerprint density at radius 2 is 1.93 bits per heavy atom. The molecule has 0 fully saturated rings. The summed E-state index contributed by atoms with van der Waals surface area (Å²) in [5, 5.41) is 5.31. The minimum atomic E-state index is -4.29. The average Bonchev–Trinajstić information content (AvgIpc) is 2.72. The van der Waals surface area contributed by atoms with Crippen LogP contribution in [-0.4, -0.2) is 40.7 Å². The third-order valence-electron chi connectivity index (χ3n) is 3.94. The fourth-order valence-electron chi connectivity index (χ4n) is 2.21. The van der Waals surface area contributed by atoms with E-state index in [1.165, 1.54) is 18.3 Å². The molecule has 11 heteroatoms. The maximum absolute atomic E-state index is 12.9. The van der Waals surface area contributed by atoms with Crippen LogP contribution in [0, 0.1) is 0 Å². The molecule has 162 valence electrons. The molecule has 0 saturated carbocycles. The van der Waals surface area contributed by atoms with E-state index in [2.05, 4.69) is 25.3 Å². The zero-order valence-electron chi connectivity index (χ0n) is 16.2. The molecule has 0 bridgehead atoms. The molecule has 7 nitrogen and oxygen atoms in total. The van der Waals surface area contributed by atoms with Gasteiger partial charge in [-0.05, 0) is 36.8 Å². The van der Waals surface area contributed by atoms with Crippen LogP contribution in [0.25, 0.3) is 0 Å². The molecule has 0 saturated heterocycles. The lowest BCUT2D eigenvalue weighted by Gasteiger charge is -2.16. The summed E-state index contributed by atoms with van der Waals surface area (Å²) in [4.78, 5) is 31.6. The lowest BCUT2D eigenvalue weighted by Crippen LogP contribution is -2.33. The van der Waals surface area contributed by atoms with Crippen LogP contribution in [-0.2, 0) is 4.79 Å². The quantitative estimate of drug-likeness (QED) is 0.596. The number of alkyl halides is 4. The number of pyridine rings is 2. The van der Waals surface area contributed by atoms with Crippen LogP contribution in [0.3, 0.4) is 0 Å². The van der Waals surface area contributed by atoms with Crippen LogP contribution in [0.1, 0.15) is 42.4 Å². The molecule has 1 unspecified atom stereocenters. The van der Waals surface area contributed by atoms with E-state index >= 15 is 0 Å². The van der Waals surface area contributed by atoms with Gasteiger partial charge in [-0.25, -0.2) is 18.7 Å². The number of nitrogens with one attached hydrogen (secondary N) is 2. The van der Waals surface area contributed by atoms with Gasteiger partial charge in [-0.3, -0.25) is 9.59 Å². The molecular weight excluding hydrogens is 408 g/mol. The Morgan fingerprint density at radius 1 is 1.20 bits per heavy atom. The molecule has 2 aromatic heterocycles. The Hall–Kier alpha value is -3.24. The molecule has 2 rings (SSSR count).